The van der Waals surface area contributed by atoms with Crippen molar-refractivity contribution in [1.29, 1.82) is 5.26 Å². The van der Waals surface area contributed by atoms with Crippen molar-refractivity contribution in [1.82, 2.24) is 10.6 Å². The molecule has 0 bridgehead atoms. The van der Waals surface area contributed by atoms with Gasteiger partial charge in [-0.25, -0.2) is 0 Å². The van der Waals surface area contributed by atoms with Gasteiger partial charge in [-0.2, -0.15) is 5.26 Å². The van der Waals surface area contributed by atoms with E-state index in [2.05, 4.69) is 10.6 Å². The molecule has 0 aromatic carbocycles. The molecule has 4 nitrogen and oxygen atoms in total. The number of hydrogen-bond donors (Lipinski definition) is 2. The van der Waals surface area contributed by atoms with E-state index in [9.17, 15) is 4.79 Å². The van der Waals surface area contributed by atoms with E-state index < -0.39 is 0 Å². The van der Waals surface area contributed by atoms with E-state index in [1.165, 1.54) is 0 Å². The number of nitrogens with one attached hydrogen (secondary N) is 2. The average Bonchev–Trinajstić information content (AvgIpc) is 2.10. The van der Waals surface area contributed by atoms with Crippen LogP contribution >= 0.6 is 0 Å². The number of carbonyl (C=O) groups is 1. The van der Waals surface area contributed by atoms with Crippen LogP contribution in [0.1, 0.15) is 13.8 Å². The molecule has 0 rings (SSSR count). The lowest BCUT2D eigenvalue weighted by Gasteiger charge is -2.09. The molecule has 0 fully saturated rings. The predicted molar refractivity (Wildman–Crippen MR) is 46.3 cm³/mol. The van der Waals surface area contributed by atoms with E-state index in [0.717, 1.165) is 6.54 Å². The number of amides is 1. The van der Waals surface area contributed by atoms with Crippen LogP contribution in [-0.2, 0) is 4.79 Å². The number of nitrogens with zero attached hydrogens (tertiary/aromatic N) is 1. The third-order valence-corrected chi connectivity index (χ3v) is 1.49. The molecule has 1 amide bonds. The van der Waals surface area contributed by atoms with Crippen molar-refractivity contribution in [2.45, 2.75) is 13.8 Å². The van der Waals surface area contributed by atoms with Gasteiger partial charge >= 0.3 is 0 Å². The second-order valence-electron chi connectivity index (χ2n) is 2.58. The van der Waals surface area contributed by atoms with Crippen LogP contribution in [0.2, 0.25) is 0 Å². The first-order valence-electron chi connectivity index (χ1n) is 4.07. The van der Waals surface area contributed by atoms with Gasteiger partial charge in [0.2, 0.25) is 5.91 Å². The lowest BCUT2D eigenvalue weighted by Crippen LogP contribution is -2.35. The maximum absolute atomic E-state index is 11.1. The monoisotopic (exact) mass is 169 g/mol. The van der Waals surface area contributed by atoms with Gasteiger partial charge in [0.25, 0.3) is 0 Å². The zero-order valence-corrected chi connectivity index (χ0v) is 7.55. The molecule has 2 N–H and O–H groups in total. The molecular formula is C8H15N3O. The van der Waals surface area contributed by atoms with Crippen LogP contribution < -0.4 is 10.6 Å². The lowest BCUT2D eigenvalue weighted by atomic mass is 10.1. The van der Waals surface area contributed by atoms with Crippen LogP contribution in [0.25, 0.3) is 0 Å². The molecule has 1 atom stereocenters. The fourth-order valence-electron chi connectivity index (χ4n) is 0.754. The molecule has 0 saturated heterocycles. The predicted octanol–water partition coefficient (Wildman–Crippen LogP) is -0.128. The van der Waals surface area contributed by atoms with Gasteiger partial charge in [0.15, 0.2) is 0 Å². The SMILES string of the molecule is CCNCC(C)C(=O)NCC#N. The first-order chi connectivity index (χ1) is 5.72. The molecule has 68 valence electrons. The van der Waals surface area contributed by atoms with Crippen LogP contribution in [0, 0.1) is 17.2 Å². The highest BCUT2D eigenvalue weighted by Crippen LogP contribution is 1.90. The van der Waals surface area contributed by atoms with Crippen molar-refractivity contribution in [2.75, 3.05) is 19.6 Å². The summed E-state index contributed by atoms with van der Waals surface area (Å²) in [5.41, 5.74) is 0. The molecule has 0 aliphatic carbocycles. The van der Waals surface area contributed by atoms with Gasteiger partial charge in [0.05, 0.1) is 6.07 Å². The Morgan fingerprint density at radius 3 is 2.83 bits per heavy atom. The van der Waals surface area contributed by atoms with E-state index in [-0.39, 0.29) is 18.4 Å². The Balaban J connectivity index is 3.55. The first kappa shape index (κ1) is 10.9. The van der Waals surface area contributed by atoms with Crippen molar-refractivity contribution in [3.8, 4) is 6.07 Å². The van der Waals surface area contributed by atoms with Gasteiger partial charge in [0, 0.05) is 12.5 Å². The molecule has 0 aliphatic heterocycles. The quantitative estimate of drug-likeness (QED) is 0.563. The second kappa shape index (κ2) is 6.62. The van der Waals surface area contributed by atoms with Crippen LogP contribution in [0.15, 0.2) is 0 Å². The Morgan fingerprint density at radius 1 is 1.67 bits per heavy atom. The van der Waals surface area contributed by atoms with Gasteiger partial charge in [0.1, 0.15) is 6.54 Å². The molecule has 0 aromatic heterocycles. The normalized spacial score (nSPS) is 11.8. The molecule has 0 aromatic rings. The maximum Gasteiger partial charge on any atom is 0.224 e. The third kappa shape index (κ3) is 4.69. The molecule has 0 saturated carbocycles. The smallest absolute Gasteiger partial charge is 0.224 e. The van der Waals surface area contributed by atoms with E-state index in [0.29, 0.717) is 6.54 Å². The molecule has 0 radical (unpaired) electrons. The molecule has 1 unspecified atom stereocenters. The second-order valence-corrected chi connectivity index (χ2v) is 2.58. The Morgan fingerprint density at radius 2 is 2.33 bits per heavy atom. The Kier molecular flexibility index (Phi) is 6.02. The zero-order chi connectivity index (χ0) is 9.40. The van der Waals surface area contributed by atoms with Crippen LogP contribution in [0.4, 0.5) is 0 Å². The van der Waals surface area contributed by atoms with Crippen molar-refractivity contribution >= 4 is 5.91 Å². The minimum absolute atomic E-state index is 0.0710. The summed E-state index contributed by atoms with van der Waals surface area (Å²) in [6, 6.07) is 1.86. The van der Waals surface area contributed by atoms with Crippen LogP contribution in [0.5, 0.6) is 0 Å². The van der Waals surface area contributed by atoms with Crippen molar-refractivity contribution in [3.63, 3.8) is 0 Å². The van der Waals surface area contributed by atoms with Crippen molar-refractivity contribution in [3.05, 3.63) is 0 Å². The molecule has 4 heteroatoms. The number of rotatable bonds is 5. The highest BCUT2D eigenvalue weighted by molar-refractivity contribution is 5.78. The van der Waals surface area contributed by atoms with Gasteiger partial charge < -0.3 is 10.6 Å². The van der Waals surface area contributed by atoms with Crippen molar-refractivity contribution in [2.24, 2.45) is 5.92 Å². The van der Waals surface area contributed by atoms with E-state index in [1.54, 1.807) is 0 Å². The fourth-order valence-corrected chi connectivity index (χ4v) is 0.754. The summed E-state index contributed by atoms with van der Waals surface area (Å²) in [5, 5.41) is 13.8. The largest absolute Gasteiger partial charge is 0.343 e. The number of hydrogen-bond acceptors (Lipinski definition) is 3. The van der Waals surface area contributed by atoms with Gasteiger partial charge in [-0.05, 0) is 6.54 Å². The highest BCUT2D eigenvalue weighted by atomic mass is 16.1. The van der Waals surface area contributed by atoms with Gasteiger partial charge in [-0.1, -0.05) is 13.8 Å². The molecule has 0 spiro atoms. The standard InChI is InChI=1S/C8H15N3O/c1-3-10-6-7(2)8(12)11-5-4-9/h7,10H,3,5-6H2,1-2H3,(H,11,12). The summed E-state index contributed by atoms with van der Waals surface area (Å²) >= 11 is 0. The first-order valence-corrected chi connectivity index (χ1v) is 4.07. The summed E-state index contributed by atoms with van der Waals surface area (Å²) in [6.45, 7) is 5.42. The fraction of sp³-hybridized carbons (Fsp3) is 0.750. The maximum atomic E-state index is 11.1. The minimum atomic E-state index is -0.0718. The van der Waals surface area contributed by atoms with Gasteiger partial charge in [-0.3, -0.25) is 4.79 Å². The minimum Gasteiger partial charge on any atom is -0.343 e. The lowest BCUT2D eigenvalue weighted by molar-refractivity contribution is -0.124. The number of carbonyl (C=O) groups excluding carboxylic acids is 1. The summed E-state index contributed by atoms with van der Waals surface area (Å²) in [5.74, 6) is -0.143. The van der Waals surface area contributed by atoms with Crippen molar-refractivity contribution < 1.29 is 4.79 Å². The highest BCUT2D eigenvalue weighted by Gasteiger charge is 2.10. The van der Waals surface area contributed by atoms with E-state index >= 15 is 0 Å². The van der Waals surface area contributed by atoms with E-state index in [4.69, 9.17) is 5.26 Å². The molecule has 0 heterocycles. The molecular weight excluding hydrogens is 154 g/mol. The molecule has 12 heavy (non-hydrogen) atoms. The third-order valence-electron chi connectivity index (χ3n) is 1.49. The summed E-state index contributed by atoms with van der Waals surface area (Å²) in [4.78, 5) is 11.1. The Hall–Kier alpha value is -1.08. The number of nitriles is 1. The Bertz CT molecular complexity index is 174. The zero-order valence-electron chi connectivity index (χ0n) is 7.55. The summed E-state index contributed by atoms with van der Waals surface area (Å²) in [7, 11) is 0. The molecule has 0 aliphatic rings. The van der Waals surface area contributed by atoms with Gasteiger partial charge in [-0.15, -0.1) is 0 Å². The average molecular weight is 169 g/mol. The summed E-state index contributed by atoms with van der Waals surface area (Å²) < 4.78 is 0. The van der Waals surface area contributed by atoms with Crippen LogP contribution in [0.3, 0.4) is 0 Å². The van der Waals surface area contributed by atoms with Crippen LogP contribution in [-0.4, -0.2) is 25.5 Å². The van der Waals surface area contributed by atoms with E-state index in [1.807, 2.05) is 19.9 Å². The topological polar surface area (TPSA) is 64.9 Å². The Labute approximate surface area is 72.9 Å². The summed E-state index contributed by atoms with van der Waals surface area (Å²) in [6.07, 6.45) is 0.